The maximum absolute atomic E-state index is 15.8. The molecule has 1 aromatic carbocycles. The first-order valence-electron chi connectivity index (χ1n) is 15.8. The minimum absolute atomic E-state index is 0.105. The number of hydrogen-bond acceptors (Lipinski definition) is 6. The average Bonchev–Trinajstić information content (AvgIpc) is 3.26. The van der Waals surface area contributed by atoms with Crippen LogP contribution in [-0.4, -0.2) is 88.9 Å². The summed E-state index contributed by atoms with van der Waals surface area (Å²) in [6.07, 6.45) is -3.16. The van der Waals surface area contributed by atoms with Crippen LogP contribution in [0.3, 0.4) is 0 Å². The maximum Gasteiger partial charge on any atom is 0.395 e. The normalized spacial score (nSPS) is 34.9. The molecule has 6 atom stereocenters. The first-order chi connectivity index (χ1) is 20.2. The van der Waals surface area contributed by atoms with Gasteiger partial charge in [0.2, 0.25) is 5.91 Å². The lowest BCUT2D eigenvalue weighted by Gasteiger charge is -2.47. The monoisotopic (exact) mass is 613 g/mol. The van der Waals surface area contributed by atoms with Crippen molar-refractivity contribution in [2.75, 3.05) is 32.8 Å². The Bertz CT molecular complexity index is 1120. The molecule has 0 bridgehead atoms. The maximum atomic E-state index is 15.8. The molecule has 0 aromatic heterocycles. The standard InChI is InChI=1S/C32H47F4N3O4/c1-29(13-8-22(16-26(29)33)27(41)39-18-24(40)17-30(39,2)28(37)42)23-4-6-25(7-5-23)43-19-21-9-14-38(15-10-21)20-31(11-3-12-31)32(34,35)36/h4-7,21-22,24,26-27,40-41H,3,8-20H2,1-2H3,(H2,37,42). The second kappa shape index (κ2) is 12.1. The van der Waals surface area contributed by atoms with Gasteiger partial charge in [-0.25, -0.2) is 4.39 Å². The van der Waals surface area contributed by atoms with Gasteiger partial charge >= 0.3 is 6.18 Å². The minimum atomic E-state index is -4.14. The van der Waals surface area contributed by atoms with Crippen molar-refractivity contribution in [2.45, 2.75) is 107 Å². The Balaban J connectivity index is 1.10. The number of aliphatic hydroxyl groups is 2. The van der Waals surface area contributed by atoms with Gasteiger partial charge < -0.3 is 25.6 Å². The lowest BCUT2D eigenvalue weighted by Crippen LogP contribution is -2.58. The lowest BCUT2D eigenvalue weighted by molar-refractivity contribution is -0.256. The van der Waals surface area contributed by atoms with E-state index in [-0.39, 0.29) is 44.7 Å². The zero-order valence-corrected chi connectivity index (χ0v) is 25.3. The molecule has 2 saturated carbocycles. The van der Waals surface area contributed by atoms with Crippen LogP contribution in [-0.2, 0) is 10.2 Å². The second-order valence-corrected chi connectivity index (χ2v) is 14.2. The summed E-state index contributed by atoms with van der Waals surface area (Å²) >= 11 is 0. The number of nitrogens with zero attached hydrogens (tertiary/aromatic N) is 2. The first-order valence-corrected chi connectivity index (χ1v) is 15.8. The minimum Gasteiger partial charge on any atom is -0.493 e. The van der Waals surface area contributed by atoms with Crippen LogP contribution in [0.25, 0.3) is 0 Å². The number of nitrogens with two attached hydrogens (primary N) is 1. The van der Waals surface area contributed by atoms with Crippen molar-refractivity contribution in [3.8, 4) is 5.75 Å². The fourth-order valence-electron chi connectivity index (χ4n) is 7.87. The second-order valence-electron chi connectivity index (χ2n) is 14.2. The zero-order chi connectivity index (χ0) is 31.2. The molecule has 0 radical (unpaired) electrons. The van der Waals surface area contributed by atoms with Gasteiger partial charge in [-0.15, -0.1) is 0 Å². The largest absolute Gasteiger partial charge is 0.493 e. The molecule has 5 rings (SSSR count). The number of carbonyl (C=O) groups excluding carboxylic acids is 1. The number of alkyl halides is 4. The number of rotatable bonds is 9. The molecule has 4 aliphatic rings. The number of amides is 1. The number of hydrogen-bond donors (Lipinski definition) is 3. The van der Waals surface area contributed by atoms with Crippen LogP contribution in [0, 0.1) is 17.3 Å². The number of likely N-dealkylation sites (tertiary alicyclic amines) is 2. The summed E-state index contributed by atoms with van der Waals surface area (Å²) in [5.74, 6) is -0.0512. The fraction of sp³-hybridized carbons (Fsp3) is 0.781. The molecule has 2 aliphatic heterocycles. The number of piperidine rings is 1. The lowest BCUT2D eigenvalue weighted by atomic mass is 9.66. The number of carbonyl (C=O) groups is 1. The van der Waals surface area contributed by atoms with Crippen LogP contribution in [0.4, 0.5) is 17.6 Å². The van der Waals surface area contributed by atoms with Crippen LogP contribution in [0.15, 0.2) is 24.3 Å². The van der Waals surface area contributed by atoms with Crippen molar-refractivity contribution in [3.63, 3.8) is 0 Å². The molecule has 4 fully saturated rings. The molecule has 1 aromatic rings. The van der Waals surface area contributed by atoms with Crippen molar-refractivity contribution < 1.29 is 37.3 Å². The SMILES string of the molecule is CC1(c2ccc(OCC3CCN(CC4(C(F)(F)F)CCC4)CC3)cc2)CCC(C(O)N2CC(O)CC2(C)C(N)=O)CC1F. The zero-order valence-electron chi connectivity index (χ0n) is 25.3. The van der Waals surface area contributed by atoms with E-state index in [1.165, 1.54) is 4.90 Å². The first kappa shape index (κ1) is 32.4. The van der Waals surface area contributed by atoms with E-state index in [1.807, 2.05) is 36.1 Å². The van der Waals surface area contributed by atoms with Gasteiger partial charge in [0.05, 0.1) is 18.1 Å². The van der Waals surface area contributed by atoms with Crippen LogP contribution in [0.5, 0.6) is 5.75 Å². The van der Waals surface area contributed by atoms with E-state index in [0.29, 0.717) is 44.7 Å². The summed E-state index contributed by atoms with van der Waals surface area (Å²) < 4.78 is 62.5. The molecule has 2 heterocycles. The average molecular weight is 614 g/mol. The molecule has 4 N–H and O–H groups in total. The molecule has 2 saturated heterocycles. The molecule has 242 valence electrons. The topological polar surface area (TPSA) is 99.3 Å². The fourth-order valence-corrected chi connectivity index (χ4v) is 7.87. The van der Waals surface area contributed by atoms with Gasteiger partial charge in [0.1, 0.15) is 23.7 Å². The van der Waals surface area contributed by atoms with Crippen molar-refractivity contribution in [3.05, 3.63) is 29.8 Å². The van der Waals surface area contributed by atoms with Gasteiger partial charge in [0.25, 0.3) is 0 Å². The molecule has 1 amide bonds. The number of ether oxygens (including phenoxy) is 1. The molecular weight excluding hydrogens is 566 g/mol. The summed E-state index contributed by atoms with van der Waals surface area (Å²) in [6.45, 7) is 5.52. The molecule has 6 unspecified atom stereocenters. The Morgan fingerprint density at radius 1 is 1.12 bits per heavy atom. The molecule has 43 heavy (non-hydrogen) atoms. The highest BCUT2D eigenvalue weighted by Crippen LogP contribution is 2.53. The predicted molar refractivity (Wildman–Crippen MR) is 154 cm³/mol. The third-order valence-electron chi connectivity index (χ3n) is 11.3. The highest BCUT2D eigenvalue weighted by atomic mass is 19.4. The summed E-state index contributed by atoms with van der Waals surface area (Å²) in [4.78, 5) is 15.6. The highest BCUT2D eigenvalue weighted by Gasteiger charge is 2.58. The van der Waals surface area contributed by atoms with Crippen molar-refractivity contribution >= 4 is 5.91 Å². The van der Waals surface area contributed by atoms with Gasteiger partial charge in [-0.1, -0.05) is 25.5 Å². The molecule has 11 heteroatoms. The molecule has 7 nitrogen and oxygen atoms in total. The smallest absolute Gasteiger partial charge is 0.395 e. The van der Waals surface area contributed by atoms with Gasteiger partial charge in [-0.05, 0) is 88.6 Å². The van der Waals surface area contributed by atoms with Crippen molar-refractivity contribution in [1.82, 2.24) is 9.80 Å². The van der Waals surface area contributed by atoms with E-state index in [2.05, 4.69) is 0 Å². The third kappa shape index (κ3) is 6.29. The number of benzene rings is 1. The van der Waals surface area contributed by atoms with Gasteiger partial charge in [-0.3, -0.25) is 9.69 Å². The van der Waals surface area contributed by atoms with E-state index in [1.54, 1.807) is 6.92 Å². The van der Waals surface area contributed by atoms with Gasteiger partial charge in [0, 0.05) is 30.8 Å². The summed E-state index contributed by atoms with van der Waals surface area (Å²) in [5, 5.41) is 21.3. The van der Waals surface area contributed by atoms with Gasteiger partial charge in [0.15, 0.2) is 0 Å². The number of halogens is 4. The Hall–Kier alpha value is -1.95. The van der Waals surface area contributed by atoms with Crippen LogP contribution in [0.2, 0.25) is 0 Å². The molecule has 0 spiro atoms. The third-order valence-corrected chi connectivity index (χ3v) is 11.3. The van der Waals surface area contributed by atoms with Crippen LogP contribution in [0.1, 0.15) is 77.2 Å². The summed E-state index contributed by atoms with van der Waals surface area (Å²) in [7, 11) is 0. The Labute approximate surface area is 251 Å². The van der Waals surface area contributed by atoms with Crippen LogP contribution < -0.4 is 10.5 Å². The molecular formula is C32H47F4N3O4. The predicted octanol–water partition coefficient (Wildman–Crippen LogP) is 4.53. The van der Waals surface area contributed by atoms with E-state index < -0.39 is 52.9 Å². The molecule has 2 aliphatic carbocycles. The highest BCUT2D eigenvalue weighted by molar-refractivity contribution is 5.84. The Morgan fingerprint density at radius 2 is 1.77 bits per heavy atom. The number of primary amides is 1. The van der Waals surface area contributed by atoms with E-state index in [9.17, 15) is 28.2 Å². The van der Waals surface area contributed by atoms with E-state index in [4.69, 9.17) is 10.5 Å². The van der Waals surface area contributed by atoms with Gasteiger partial charge in [-0.2, -0.15) is 13.2 Å². The Morgan fingerprint density at radius 3 is 2.30 bits per heavy atom. The Kier molecular flexibility index (Phi) is 9.13. The van der Waals surface area contributed by atoms with E-state index >= 15 is 4.39 Å². The summed E-state index contributed by atoms with van der Waals surface area (Å²) in [6, 6.07) is 7.46. The number of aliphatic hydroxyl groups excluding tert-OH is 2. The summed E-state index contributed by atoms with van der Waals surface area (Å²) in [5.41, 5.74) is 3.01. The number of β-amino-alcohol motifs (C(OH)–C–C–N with tert-alkyl or cyclic N) is 1. The van der Waals surface area contributed by atoms with Crippen molar-refractivity contribution in [1.29, 1.82) is 0 Å². The quantitative estimate of drug-likeness (QED) is 0.354. The van der Waals surface area contributed by atoms with Crippen LogP contribution >= 0.6 is 0 Å². The van der Waals surface area contributed by atoms with E-state index in [0.717, 1.165) is 18.4 Å². The van der Waals surface area contributed by atoms with Crippen molar-refractivity contribution in [2.24, 2.45) is 23.0 Å².